The molecule has 1 heterocycles. The highest BCUT2D eigenvalue weighted by Crippen LogP contribution is 2.35. The SMILES string of the molecule is CCOC(=O)C1=C(C)NC(=O)N(CC/C(=N/N(C(C)=O)C(C)=O)OC(C)=O)C1c1cccc([N+](=O)[O-])c1. The molecule has 0 bridgehead atoms. The van der Waals surface area contributed by atoms with E-state index in [-0.39, 0.29) is 48.0 Å². The summed E-state index contributed by atoms with van der Waals surface area (Å²) in [6.07, 6.45) is -0.259. The Hall–Kier alpha value is -4.62. The van der Waals surface area contributed by atoms with Crippen LogP contribution in [-0.2, 0) is 28.7 Å². The summed E-state index contributed by atoms with van der Waals surface area (Å²) >= 11 is 0. The second kappa shape index (κ2) is 12.4. The lowest BCUT2D eigenvalue weighted by molar-refractivity contribution is -0.384. The molecule has 0 saturated heterocycles. The Labute approximate surface area is 212 Å². The zero-order valence-corrected chi connectivity index (χ0v) is 21.0. The summed E-state index contributed by atoms with van der Waals surface area (Å²) in [5.74, 6) is -3.33. The summed E-state index contributed by atoms with van der Waals surface area (Å²) in [6, 6.07) is 3.67. The van der Waals surface area contributed by atoms with Crippen LogP contribution in [0.3, 0.4) is 0 Å². The van der Waals surface area contributed by atoms with Gasteiger partial charge in [0.25, 0.3) is 5.69 Å². The minimum absolute atomic E-state index is 0.0421. The van der Waals surface area contributed by atoms with Crippen molar-refractivity contribution in [3.05, 3.63) is 51.2 Å². The quantitative estimate of drug-likeness (QED) is 0.178. The lowest BCUT2D eigenvalue weighted by atomic mass is 9.93. The molecule has 14 heteroatoms. The van der Waals surface area contributed by atoms with E-state index in [4.69, 9.17) is 9.47 Å². The van der Waals surface area contributed by atoms with Crippen LogP contribution in [-0.4, -0.2) is 63.7 Å². The number of carbonyl (C=O) groups excluding carboxylic acids is 5. The Kier molecular flexibility index (Phi) is 9.57. The Balaban J connectivity index is 2.57. The van der Waals surface area contributed by atoms with Crippen molar-refractivity contribution in [3.8, 4) is 0 Å². The van der Waals surface area contributed by atoms with Gasteiger partial charge in [0.1, 0.15) is 0 Å². The first-order chi connectivity index (χ1) is 17.4. The number of carbonyl (C=O) groups is 5. The van der Waals surface area contributed by atoms with Crippen molar-refractivity contribution in [2.75, 3.05) is 13.2 Å². The van der Waals surface area contributed by atoms with Crippen LogP contribution in [0, 0.1) is 10.1 Å². The molecule has 1 unspecified atom stereocenters. The molecule has 4 amide bonds. The van der Waals surface area contributed by atoms with E-state index in [0.29, 0.717) is 5.01 Å². The summed E-state index contributed by atoms with van der Waals surface area (Å²) < 4.78 is 10.2. The van der Waals surface area contributed by atoms with Crippen LogP contribution in [0.4, 0.5) is 10.5 Å². The maximum atomic E-state index is 13.0. The van der Waals surface area contributed by atoms with Crippen molar-refractivity contribution in [1.29, 1.82) is 0 Å². The number of urea groups is 1. The van der Waals surface area contributed by atoms with E-state index in [9.17, 15) is 34.1 Å². The molecular formula is C23H27N5O9. The molecule has 0 aliphatic carbocycles. The Morgan fingerprint density at radius 1 is 1.19 bits per heavy atom. The van der Waals surface area contributed by atoms with Crippen molar-refractivity contribution < 1.29 is 38.4 Å². The van der Waals surface area contributed by atoms with Crippen molar-refractivity contribution in [3.63, 3.8) is 0 Å². The molecule has 1 aliphatic rings. The average molecular weight is 517 g/mol. The number of imide groups is 1. The summed E-state index contributed by atoms with van der Waals surface area (Å²) in [5.41, 5.74) is 0.239. The maximum Gasteiger partial charge on any atom is 0.338 e. The van der Waals surface area contributed by atoms with Gasteiger partial charge in [0.2, 0.25) is 17.7 Å². The Morgan fingerprint density at radius 2 is 1.84 bits per heavy atom. The van der Waals surface area contributed by atoms with E-state index in [1.807, 2.05) is 0 Å². The maximum absolute atomic E-state index is 13.0. The number of benzene rings is 1. The van der Waals surface area contributed by atoms with E-state index in [2.05, 4.69) is 10.4 Å². The summed E-state index contributed by atoms with van der Waals surface area (Å²) in [5, 5.41) is 18.3. The van der Waals surface area contributed by atoms with Gasteiger partial charge >= 0.3 is 18.0 Å². The van der Waals surface area contributed by atoms with Gasteiger partial charge in [-0.25, -0.2) is 9.59 Å². The van der Waals surface area contributed by atoms with Gasteiger partial charge in [-0.15, -0.1) is 5.10 Å². The molecule has 0 saturated carbocycles. The molecule has 1 atom stereocenters. The number of hydrazone groups is 1. The monoisotopic (exact) mass is 517 g/mol. The molecule has 2 rings (SSSR count). The number of allylic oxidation sites excluding steroid dienone is 1. The number of esters is 2. The van der Waals surface area contributed by atoms with E-state index < -0.39 is 40.7 Å². The van der Waals surface area contributed by atoms with Crippen LogP contribution in [0.1, 0.15) is 52.6 Å². The van der Waals surface area contributed by atoms with Gasteiger partial charge in [-0.3, -0.25) is 24.5 Å². The number of rotatable bonds is 8. The van der Waals surface area contributed by atoms with Crippen molar-refractivity contribution in [2.45, 2.75) is 47.1 Å². The molecular weight excluding hydrogens is 490 g/mol. The third-order valence-electron chi connectivity index (χ3n) is 5.07. The fourth-order valence-corrected chi connectivity index (χ4v) is 3.61. The molecule has 0 fully saturated rings. The second-order valence-corrected chi connectivity index (χ2v) is 7.82. The summed E-state index contributed by atoms with van der Waals surface area (Å²) in [4.78, 5) is 73.0. The molecule has 0 spiro atoms. The van der Waals surface area contributed by atoms with E-state index in [0.717, 1.165) is 20.8 Å². The zero-order valence-electron chi connectivity index (χ0n) is 21.0. The van der Waals surface area contributed by atoms with Crippen molar-refractivity contribution in [2.24, 2.45) is 5.10 Å². The lowest BCUT2D eigenvalue weighted by Gasteiger charge is -2.37. The topological polar surface area (TPSA) is 178 Å². The van der Waals surface area contributed by atoms with Crippen LogP contribution in [0.15, 0.2) is 40.6 Å². The summed E-state index contributed by atoms with van der Waals surface area (Å²) in [6.45, 7) is 6.18. The molecule has 1 aromatic rings. The van der Waals surface area contributed by atoms with Gasteiger partial charge in [-0.05, 0) is 19.4 Å². The first kappa shape index (κ1) is 28.6. The molecule has 1 N–H and O–H groups in total. The highest BCUT2D eigenvalue weighted by atomic mass is 16.6. The van der Waals surface area contributed by atoms with Crippen LogP contribution in [0.5, 0.6) is 0 Å². The van der Waals surface area contributed by atoms with Crippen LogP contribution in [0.25, 0.3) is 0 Å². The molecule has 1 aromatic carbocycles. The van der Waals surface area contributed by atoms with Crippen molar-refractivity contribution >= 4 is 41.4 Å². The molecule has 0 radical (unpaired) electrons. The molecule has 1 aliphatic heterocycles. The third-order valence-corrected chi connectivity index (χ3v) is 5.07. The normalized spacial score (nSPS) is 15.6. The minimum atomic E-state index is -1.11. The number of non-ortho nitro benzene ring substituents is 1. The molecule has 198 valence electrons. The van der Waals surface area contributed by atoms with Gasteiger partial charge in [0.05, 0.1) is 23.1 Å². The van der Waals surface area contributed by atoms with Gasteiger partial charge in [0, 0.05) is 51.6 Å². The van der Waals surface area contributed by atoms with E-state index in [1.165, 1.54) is 36.1 Å². The predicted octanol–water partition coefficient (Wildman–Crippen LogP) is 2.16. The lowest BCUT2D eigenvalue weighted by Crippen LogP contribution is -2.49. The first-order valence-electron chi connectivity index (χ1n) is 11.1. The molecule has 14 nitrogen and oxygen atoms in total. The number of ether oxygens (including phenoxy) is 2. The number of nitrogens with zero attached hydrogens (tertiary/aromatic N) is 4. The van der Waals surface area contributed by atoms with Gasteiger partial charge in [-0.1, -0.05) is 12.1 Å². The fourth-order valence-electron chi connectivity index (χ4n) is 3.61. The summed E-state index contributed by atoms with van der Waals surface area (Å²) in [7, 11) is 0. The predicted molar refractivity (Wildman–Crippen MR) is 127 cm³/mol. The smallest absolute Gasteiger partial charge is 0.338 e. The van der Waals surface area contributed by atoms with E-state index >= 15 is 0 Å². The molecule has 37 heavy (non-hydrogen) atoms. The largest absolute Gasteiger partial charge is 0.463 e. The number of hydrogen-bond acceptors (Lipinski definition) is 10. The molecule has 0 aromatic heterocycles. The van der Waals surface area contributed by atoms with Gasteiger partial charge in [-0.2, -0.15) is 5.01 Å². The number of nitro groups is 1. The first-order valence-corrected chi connectivity index (χ1v) is 11.1. The Morgan fingerprint density at radius 3 is 2.38 bits per heavy atom. The average Bonchev–Trinajstić information content (AvgIpc) is 2.80. The minimum Gasteiger partial charge on any atom is -0.463 e. The van der Waals surface area contributed by atoms with Crippen LogP contribution < -0.4 is 5.32 Å². The Bertz CT molecular complexity index is 1180. The van der Waals surface area contributed by atoms with E-state index in [1.54, 1.807) is 6.92 Å². The number of nitrogens with one attached hydrogen (secondary N) is 1. The standard InChI is InChI=1S/C23H27N5O9/c1-6-36-22(32)20-13(2)24-23(33)26(21(20)17-8-7-9-18(12-17)28(34)35)11-10-19(37-16(5)31)25-27(14(3)29)15(4)30/h7-9,12,21H,6,10-11H2,1-5H3,(H,24,33)/b25-19-. The van der Waals surface area contributed by atoms with Gasteiger partial charge in [0.15, 0.2) is 0 Å². The number of hydrogen-bond donors (Lipinski definition) is 1. The fraction of sp³-hybridized carbons (Fsp3) is 0.391. The highest BCUT2D eigenvalue weighted by Gasteiger charge is 2.39. The van der Waals surface area contributed by atoms with Crippen LogP contribution >= 0.6 is 0 Å². The third kappa shape index (κ3) is 7.19. The van der Waals surface area contributed by atoms with Crippen molar-refractivity contribution in [1.82, 2.24) is 15.2 Å². The number of amides is 4. The van der Waals surface area contributed by atoms with Crippen LogP contribution in [0.2, 0.25) is 0 Å². The van der Waals surface area contributed by atoms with Gasteiger partial charge < -0.3 is 19.7 Å². The number of nitro benzene ring substituents is 1. The highest BCUT2D eigenvalue weighted by molar-refractivity contribution is 5.97. The second-order valence-electron chi connectivity index (χ2n) is 7.82. The zero-order chi connectivity index (χ0) is 27.9.